The van der Waals surface area contributed by atoms with Crippen LogP contribution in [0.2, 0.25) is 0 Å². The zero-order chi connectivity index (χ0) is 9.80. The second-order valence-electron chi connectivity index (χ2n) is 4.26. The average molecular weight is 209 g/mol. The maximum atomic E-state index is 4.74. The van der Waals surface area contributed by atoms with Gasteiger partial charge in [0.05, 0.1) is 10.7 Å². The van der Waals surface area contributed by atoms with E-state index in [0.29, 0.717) is 0 Å². The fourth-order valence-corrected chi connectivity index (χ4v) is 3.26. The fourth-order valence-electron chi connectivity index (χ4n) is 2.23. The minimum Gasteiger partial charge on any atom is -0.246 e. The molecule has 1 nitrogen and oxygen atoms in total. The molecular weight excluding hydrogens is 190 g/mol. The lowest BCUT2D eigenvalue weighted by atomic mass is 9.90. The zero-order valence-electron chi connectivity index (χ0n) is 8.96. The molecule has 14 heavy (non-hydrogen) atoms. The van der Waals surface area contributed by atoms with E-state index in [1.54, 1.807) is 0 Å². The Balaban J connectivity index is 2.00. The van der Waals surface area contributed by atoms with Gasteiger partial charge in [0.25, 0.3) is 0 Å². The van der Waals surface area contributed by atoms with Crippen molar-refractivity contribution in [1.29, 1.82) is 0 Å². The van der Waals surface area contributed by atoms with Gasteiger partial charge in [-0.1, -0.05) is 32.6 Å². The minimum atomic E-state index is 0.791. The van der Waals surface area contributed by atoms with E-state index in [4.69, 9.17) is 4.98 Å². The highest BCUT2D eigenvalue weighted by molar-refractivity contribution is 7.09. The number of hydrogen-bond donors (Lipinski definition) is 0. The van der Waals surface area contributed by atoms with E-state index in [1.807, 2.05) is 11.3 Å². The Labute approximate surface area is 90.6 Å². The van der Waals surface area contributed by atoms with Crippen molar-refractivity contribution in [3.63, 3.8) is 0 Å². The van der Waals surface area contributed by atoms with Crippen molar-refractivity contribution in [2.45, 2.75) is 57.8 Å². The van der Waals surface area contributed by atoms with Crippen LogP contribution in [-0.2, 0) is 6.42 Å². The molecule has 0 amide bonds. The second-order valence-corrected chi connectivity index (χ2v) is 5.15. The molecule has 1 fully saturated rings. The van der Waals surface area contributed by atoms with Crippen molar-refractivity contribution in [1.82, 2.24) is 4.98 Å². The molecule has 1 aliphatic rings. The third-order valence-corrected chi connectivity index (χ3v) is 4.09. The summed E-state index contributed by atoms with van der Waals surface area (Å²) in [5.41, 5.74) is 1.32. The molecule has 1 aromatic heterocycles. The van der Waals surface area contributed by atoms with E-state index in [-0.39, 0.29) is 0 Å². The monoisotopic (exact) mass is 209 g/mol. The molecular formula is C12H19NS. The van der Waals surface area contributed by atoms with Gasteiger partial charge in [0.1, 0.15) is 0 Å². The van der Waals surface area contributed by atoms with E-state index in [2.05, 4.69) is 12.3 Å². The Morgan fingerprint density at radius 2 is 2.14 bits per heavy atom. The summed E-state index contributed by atoms with van der Waals surface area (Å²) in [6, 6.07) is 0. The minimum absolute atomic E-state index is 0.791. The SMILES string of the molecule is CCCc1csc(C2CCCCC2)n1. The fraction of sp³-hybridized carbons (Fsp3) is 0.750. The van der Waals surface area contributed by atoms with E-state index in [1.165, 1.54) is 49.2 Å². The lowest BCUT2D eigenvalue weighted by molar-refractivity contribution is 0.442. The molecule has 0 unspecified atom stereocenters. The van der Waals surface area contributed by atoms with Crippen molar-refractivity contribution in [2.75, 3.05) is 0 Å². The summed E-state index contributed by atoms with van der Waals surface area (Å²) in [6.07, 6.45) is 9.37. The Morgan fingerprint density at radius 3 is 2.86 bits per heavy atom. The van der Waals surface area contributed by atoms with Gasteiger partial charge >= 0.3 is 0 Å². The van der Waals surface area contributed by atoms with Gasteiger partial charge in [-0.2, -0.15) is 0 Å². The summed E-state index contributed by atoms with van der Waals surface area (Å²) in [4.78, 5) is 4.74. The lowest BCUT2D eigenvalue weighted by Gasteiger charge is -2.18. The van der Waals surface area contributed by atoms with Crippen LogP contribution >= 0.6 is 11.3 Å². The molecule has 1 saturated carbocycles. The van der Waals surface area contributed by atoms with Crippen molar-refractivity contribution in [2.24, 2.45) is 0 Å². The van der Waals surface area contributed by atoms with Gasteiger partial charge in [-0.25, -0.2) is 4.98 Å². The first-order valence-corrected chi connectivity index (χ1v) is 6.72. The number of nitrogens with zero attached hydrogens (tertiary/aromatic N) is 1. The van der Waals surface area contributed by atoms with E-state index >= 15 is 0 Å². The Morgan fingerprint density at radius 1 is 1.36 bits per heavy atom. The lowest BCUT2D eigenvalue weighted by Crippen LogP contribution is -2.04. The molecule has 0 aromatic carbocycles. The second kappa shape index (κ2) is 4.92. The molecule has 1 aromatic rings. The van der Waals surface area contributed by atoms with Gasteiger partial charge in [0, 0.05) is 11.3 Å². The molecule has 2 heteroatoms. The summed E-state index contributed by atoms with van der Waals surface area (Å²) in [5.74, 6) is 0.791. The highest BCUT2D eigenvalue weighted by Gasteiger charge is 2.18. The number of aromatic nitrogens is 1. The Bertz CT molecular complexity index is 274. The Hall–Kier alpha value is -0.370. The standard InChI is InChI=1S/C12H19NS/c1-2-6-11-9-14-12(13-11)10-7-4-3-5-8-10/h9-10H,2-8H2,1H3. The highest BCUT2D eigenvalue weighted by Crippen LogP contribution is 2.34. The van der Waals surface area contributed by atoms with Crippen LogP contribution in [0.5, 0.6) is 0 Å². The maximum Gasteiger partial charge on any atom is 0.0959 e. The van der Waals surface area contributed by atoms with Crippen LogP contribution in [0.25, 0.3) is 0 Å². The molecule has 0 spiro atoms. The van der Waals surface area contributed by atoms with Gasteiger partial charge in [0.15, 0.2) is 0 Å². The topological polar surface area (TPSA) is 12.9 Å². The summed E-state index contributed by atoms with van der Waals surface area (Å²) in [6.45, 7) is 2.22. The van der Waals surface area contributed by atoms with Crippen LogP contribution in [-0.4, -0.2) is 4.98 Å². The molecule has 2 rings (SSSR count). The van der Waals surface area contributed by atoms with Crippen molar-refractivity contribution >= 4 is 11.3 Å². The first-order chi connectivity index (χ1) is 6.90. The van der Waals surface area contributed by atoms with Crippen LogP contribution in [0.1, 0.15) is 62.1 Å². The van der Waals surface area contributed by atoms with Gasteiger partial charge in [-0.15, -0.1) is 11.3 Å². The number of thiazole rings is 1. The highest BCUT2D eigenvalue weighted by atomic mass is 32.1. The number of rotatable bonds is 3. The van der Waals surface area contributed by atoms with Crippen LogP contribution < -0.4 is 0 Å². The molecule has 0 N–H and O–H groups in total. The summed E-state index contributed by atoms with van der Waals surface area (Å²) in [5, 5.41) is 3.67. The molecule has 1 aliphatic carbocycles. The third-order valence-electron chi connectivity index (χ3n) is 3.03. The number of aryl methyl sites for hydroxylation is 1. The van der Waals surface area contributed by atoms with E-state index in [9.17, 15) is 0 Å². The molecule has 0 radical (unpaired) electrons. The smallest absolute Gasteiger partial charge is 0.0959 e. The third kappa shape index (κ3) is 2.35. The normalized spacial score (nSPS) is 18.6. The first kappa shape index (κ1) is 10.2. The van der Waals surface area contributed by atoms with Crippen LogP contribution in [0.4, 0.5) is 0 Å². The average Bonchev–Trinajstić information content (AvgIpc) is 2.68. The maximum absolute atomic E-state index is 4.74. The van der Waals surface area contributed by atoms with Gasteiger partial charge in [-0.05, 0) is 19.3 Å². The molecule has 78 valence electrons. The van der Waals surface area contributed by atoms with Crippen molar-refractivity contribution < 1.29 is 0 Å². The van der Waals surface area contributed by atoms with Crippen LogP contribution in [0.3, 0.4) is 0 Å². The predicted molar refractivity (Wildman–Crippen MR) is 61.9 cm³/mol. The van der Waals surface area contributed by atoms with Crippen molar-refractivity contribution in [3.05, 3.63) is 16.1 Å². The zero-order valence-corrected chi connectivity index (χ0v) is 9.78. The van der Waals surface area contributed by atoms with Gasteiger partial charge < -0.3 is 0 Å². The largest absolute Gasteiger partial charge is 0.246 e. The Kier molecular flexibility index (Phi) is 3.57. The molecule has 1 heterocycles. The molecule has 0 saturated heterocycles. The molecule has 0 bridgehead atoms. The summed E-state index contributed by atoms with van der Waals surface area (Å²) < 4.78 is 0. The van der Waals surface area contributed by atoms with Gasteiger partial charge in [-0.3, -0.25) is 0 Å². The first-order valence-electron chi connectivity index (χ1n) is 5.84. The summed E-state index contributed by atoms with van der Waals surface area (Å²) >= 11 is 1.88. The molecule has 0 aliphatic heterocycles. The van der Waals surface area contributed by atoms with Crippen LogP contribution in [0.15, 0.2) is 5.38 Å². The summed E-state index contributed by atoms with van der Waals surface area (Å²) in [7, 11) is 0. The molecule has 0 atom stereocenters. The van der Waals surface area contributed by atoms with Crippen molar-refractivity contribution in [3.8, 4) is 0 Å². The number of hydrogen-bond acceptors (Lipinski definition) is 2. The van der Waals surface area contributed by atoms with Gasteiger partial charge in [0.2, 0.25) is 0 Å². The van der Waals surface area contributed by atoms with E-state index < -0.39 is 0 Å². The quantitative estimate of drug-likeness (QED) is 0.729. The van der Waals surface area contributed by atoms with E-state index in [0.717, 1.165) is 12.3 Å². The van der Waals surface area contributed by atoms with Crippen LogP contribution in [0, 0.1) is 0 Å². The predicted octanol–water partition coefficient (Wildman–Crippen LogP) is 4.14.